The van der Waals surface area contributed by atoms with Gasteiger partial charge in [-0.25, -0.2) is 4.79 Å². The zero-order valence-electron chi connectivity index (χ0n) is 12.3. The minimum Gasteiger partial charge on any atom is -0.469 e. The number of methoxy groups -OCH3 is 1. The fourth-order valence-electron chi connectivity index (χ4n) is 2.76. The number of carbonyl (C=O) groups excluding carboxylic acids is 2. The smallest absolute Gasteiger partial charge is 0.336 e. The monoisotopic (exact) mass is 301 g/mol. The second-order valence-electron chi connectivity index (χ2n) is 5.36. The van der Waals surface area contributed by atoms with E-state index >= 15 is 0 Å². The number of carbonyl (C=O) groups is 2. The molecule has 1 aliphatic rings. The number of hydrogen-bond acceptors (Lipinski definition) is 5. The Kier molecular flexibility index (Phi) is 3.44. The predicted octanol–water partition coefficient (Wildman–Crippen LogP) is 1.63. The zero-order chi connectivity index (χ0) is 15.9. The summed E-state index contributed by atoms with van der Waals surface area (Å²) < 4.78 is 9.88. The highest BCUT2D eigenvalue weighted by molar-refractivity contribution is 6.00. The average Bonchev–Trinajstić information content (AvgIpc) is 2.87. The Labute approximate surface area is 126 Å². The van der Waals surface area contributed by atoms with Crippen molar-refractivity contribution in [3.63, 3.8) is 0 Å². The summed E-state index contributed by atoms with van der Waals surface area (Å²) >= 11 is 0. The van der Waals surface area contributed by atoms with Gasteiger partial charge < -0.3 is 14.1 Å². The van der Waals surface area contributed by atoms with Gasteiger partial charge in [-0.15, -0.1) is 0 Å². The first-order valence-corrected chi connectivity index (χ1v) is 6.92. The number of benzene rings is 1. The number of hydrogen-bond donors (Lipinski definition) is 0. The first kappa shape index (κ1) is 14.3. The molecule has 1 aliphatic heterocycles. The lowest BCUT2D eigenvalue weighted by Crippen LogP contribution is -2.26. The van der Waals surface area contributed by atoms with Crippen LogP contribution in [-0.2, 0) is 14.3 Å². The van der Waals surface area contributed by atoms with Gasteiger partial charge in [-0.2, -0.15) is 0 Å². The van der Waals surface area contributed by atoms with E-state index in [1.807, 2.05) is 13.0 Å². The minimum absolute atomic E-state index is 0.127. The third-order valence-electron chi connectivity index (χ3n) is 3.91. The molecule has 1 unspecified atom stereocenters. The maximum absolute atomic E-state index is 12.1. The quantitative estimate of drug-likeness (QED) is 0.622. The van der Waals surface area contributed by atoms with Crippen LogP contribution < -0.4 is 10.5 Å². The third-order valence-corrected chi connectivity index (χ3v) is 3.91. The van der Waals surface area contributed by atoms with Crippen molar-refractivity contribution in [2.24, 2.45) is 5.92 Å². The number of aryl methyl sites for hydroxylation is 1. The molecule has 1 atom stereocenters. The number of amides is 1. The van der Waals surface area contributed by atoms with Gasteiger partial charge in [0.1, 0.15) is 5.58 Å². The van der Waals surface area contributed by atoms with E-state index < -0.39 is 11.5 Å². The maximum Gasteiger partial charge on any atom is 0.336 e. The van der Waals surface area contributed by atoms with E-state index in [-0.39, 0.29) is 24.8 Å². The minimum atomic E-state index is -0.460. The maximum atomic E-state index is 12.1. The Morgan fingerprint density at radius 1 is 1.32 bits per heavy atom. The number of anilines is 1. The number of fused-ring (bicyclic) bond motifs is 1. The molecular formula is C16H15NO5. The van der Waals surface area contributed by atoms with Gasteiger partial charge in [0.15, 0.2) is 0 Å². The lowest BCUT2D eigenvalue weighted by atomic mass is 10.1. The van der Waals surface area contributed by atoms with Crippen molar-refractivity contribution < 1.29 is 18.7 Å². The van der Waals surface area contributed by atoms with Crippen LogP contribution in [0, 0.1) is 12.8 Å². The van der Waals surface area contributed by atoms with E-state index in [1.165, 1.54) is 18.1 Å². The molecule has 1 aromatic heterocycles. The van der Waals surface area contributed by atoms with Gasteiger partial charge in [0.05, 0.1) is 13.0 Å². The van der Waals surface area contributed by atoms with Gasteiger partial charge in [0, 0.05) is 36.2 Å². The molecule has 1 saturated heterocycles. The van der Waals surface area contributed by atoms with Crippen LogP contribution in [0.4, 0.5) is 5.69 Å². The Balaban J connectivity index is 1.99. The molecular weight excluding hydrogens is 286 g/mol. The molecule has 0 saturated carbocycles. The van der Waals surface area contributed by atoms with Crippen molar-refractivity contribution >= 4 is 28.5 Å². The van der Waals surface area contributed by atoms with E-state index in [0.717, 1.165) is 10.9 Å². The molecule has 22 heavy (non-hydrogen) atoms. The molecule has 1 aromatic carbocycles. The van der Waals surface area contributed by atoms with Crippen LogP contribution in [0.5, 0.6) is 0 Å². The second kappa shape index (κ2) is 5.29. The first-order valence-electron chi connectivity index (χ1n) is 6.92. The zero-order valence-corrected chi connectivity index (χ0v) is 12.3. The van der Waals surface area contributed by atoms with Crippen LogP contribution in [-0.4, -0.2) is 25.5 Å². The SMILES string of the molecule is COC(=O)C1CC(=O)N(c2ccc3c(C)cc(=O)oc3c2)C1. The summed E-state index contributed by atoms with van der Waals surface area (Å²) in [5.41, 5.74) is 1.43. The molecule has 1 amide bonds. The average molecular weight is 301 g/mol. The van der Waals surface area contributed by atoms with E-state index in [9.17, 15) is 14.4 Å². The van der Waals surface area contributed by atoms with Crippen molar-refractivity contribution in [1.29, 1.82) is 0 Å². The van der Waals surface area contributed by atoms with Crippen molar-refractivity contribution in [2.45, 2.75) is 13.3 Å². The Bertz CT molecular complexity index is 823. The number of esters is 1. The van der Waals surface area contributed by atoms with Gasteiger partial charge in [-0.1, -0.05) is 0 Å². The number of ether oxygens (including phenoxy) is 1. The molecule has 3 rings (SSSR count). The molecule has 1 fully saturated rings. The molecule has 0 radical (unpaired) electrons. The summed E-state index contributed by atoms with van der Waals surface area (Å²) in [6.45, 7) is 2.10. The Morgan fingerprint density at radius 2 is 2.09 bits per heavy atom. The van der Waals surface area contributed by atoms with E-state index in [0.29, 0.717) is 11.3 Å². The lowest BCUT2D eigenvalue weighted by Gasteiger charge is -2.16. The third kappa shape index (κ3) is 2.36. The molecule has 2 heterocycles. The van der Waals surface area contributed by atoms with Crippen LogP contribution in [0.25, 0.3) is 11.0 Å². The predicted molar refractivity (Wildman–Crippen MR) is 79.7 cm³/mol. The molecule has 0 aliphatic carbocycles. The molecule has 0 N–H and O–H groups in total. The van der Waals surface area contributed by atoms with Crippen molar-refractivity contribution in [3.05, 3.63) is 40.2 Å². The molecule has 0 spiro atoms. The van der Waals surface area contributed by atoms with Crippen LogP contribution in [0.2, 0.25) is 0 Å². The highest BCUT2D eigenvalue weighted by Gasteiger charge is 2.35. The summed E-state index contributed by atoms with van der Waals surface area (Å²) in [6, 6.07) is 6.67. The largest absolute Gasteiger partial charge is 0.469 e. The van der Waals surface area contributed by atoms with Crippen LogP contribution >= 0.6 is 0 Å². The highest BCUT2D eigenvalue weighted by Crippen LogP contribution is 2.29. The number of rotatable bonds is 2. The van der Waals surface area contributed by atoms with E-state index in [4.69, 9.17) is 9.15 Å². The fourth-order valence-corrected chi connectivity index (χ4v) is 2.76. The first-order chi connectivity index (χ1) is 10.5. The molecule has 6 heteroatoms. The normalized spacial score (nSPS) is 18.0. The second-order valence-corrected chi connectivity index (χ2v) is 5.36. The van der Waals surface area contributed by atoms with Crippen LogP contribution in [0.1, 0.15) is 12.0 Å². The van der Waals surface area contributed by atoms with E-state index in [1.54, 1.807) is 12.1 Å². The highest BCUT2D eigenvalue weighted by atomic mass is 16.5. The van der Waals surface area contributed by atoms with Gasteiger partial charge >= 0.3 is 11.6 Å². The summed E-state index contributed by atoms with van der Waals surface area (Å²) in [5.74, 6) is -0.999. The fraction of sp³-hybridized carbons (Fsp3) is 0.312. The molecule has 2 aromatic rings. The van der Waals surface area contributed by atoms with Crippen molar-refractivity contribution in [3.8, 4) is 0 Å². The Morgan fingerprint density at radius 3 is 2.82 bits per heavy atom. The van der Waals surface area contributed by atoms with E-state index in [2.05, 4.69) is 0 Å². The standard InChI is InChI=1S/C16H15NO5/c1-9-5-15(19)22-13-7-11(3-4-12(9)13)17-8-10(6-14(17)18)16(20)21-2/h3-5,7,10H,6,8H2,1-2H3. The summed E-state index contributed by atoms with van der Waals surface area (Å²) in [7, 11) is 1.31. The van der Waals surface area contributed by atoms with Gasteiger partial charge in [-0.3, -0.25) is 9.59 Å². The summed E-state index contributed by atoms with van der Waals surface area (Å²) in [5, 5.41) is 0.819. The van der Waals surface area contributed by atoms with Gasteiger partial charge in [-0.05, 0) is 24.6 Å². The molecule has 6 nitrogen and oxygen atoms in total. The van der Waals surface area contributed by atoms with Crippen LogP contribution in [0.3, 0.4) is 0 Å². The summed E-state index contributed by atoms with van der Waals surface area (Å²) in [6.07, 6.45) is 0.127. The van der Waals surface area contributed by atoms with Crippen molar-refractivity contribution in [1.82, 2.24) is 0 Å². The van der Waals surface area contributed by atoms with Gasteiger partial charge in [0.25, 0.3) is 0 Å². The van der Waals surface area contributed by atoms with Crippen molar-refractivity contribution in [2.75, 3.05) is 18.6 Å². The number of nitrogens with zero attached hydrogens (tertiary/aromatic N) is 1. The Hall–Kier alpha value is -2.63. The summed E-state index contributed by atoms with van der Waals surface area (Å²) in [4.78, 5) is 36.7. The topological polar surface area (TPSA) is 76.8 Å². The molecule has 114 valence electrons. The lowest BCUT2D eigenvalue weighted by molar-refractivity contribution is -0.145. The van der Waals surface area contributed by atoms with Crippen LogP contribution in [0.15, 0.2) is 33.5 Å². The molecule has 0 bridgehead atoms. The van der Waals surface area contributed by atoms with Gasteiger partial charge in [0.2, 0.25) is 5.91 Å².